The first-order valence-corrected chi connectivity index (χ1v) is 11.7. The maximum atomic E-state index is 12.3. The fourth-order valence-electron chi connectivity index (χ4n) is 4.33. The van der Waals surface area contributed by atoms with E-state index in [0.717, 1.165) is 16.3 Å². The van der Waals surface area contributed by atoms with E-state index < -0.39 is 5.69 Å². The Morgan fingerprint density at radius 3 is 2.39 bits per heavy atom. The number of nitrogens with one attached hydrogen (secondary N) is 1. The van der Waals surface area contributed by atoms with Crippen molar-refractivity contribution in [2.75, 3.05) is 7.11 Å². The summed E-state index contributed by atoms with van der Waals surface area (Å²) in [5, 5.41) is 10.9. The van der Waals surface area contributed by atoms with Crippen LogP contribution in [0.1, 0.15) is 5.56 Å². The maximum absolute atomic E-state index is 12.3. The number of nitrogens with zero attached hydrogens (tertiary/aromatic N) is 4. The van der Waals surface area contributed by atoms with Gasteiger partial charge in [-0.3, -0.25) is 0 Å². The number of nitriles is 1. The van der Waals surface area contributed by atoms with Crippen LogP contribution in [0.5, 0.6) is 17.5 Å². The van der Waals surface area contributed by atoms with Gasteiger partial charge in [0, 0.05) is 21.9 Å². The quantitative estimate of drug-likeness (QED) is 0.317. The van der Waals surface area contributed by atoms with Crippen LogP contribution in [0.2, 0.25) is 0 Å². The molecule has 0 aliphatic carbocycles. The minimum Gasteiger partial charge on any atom is -0.497 e. The van der Waals surface area contributed by atoms with Gasteiger partial charge in [-0.15, -0.1) is 0 Å². The highest BCUT2D eigenvalue weighted by molar-refractivity contribution is 5.94. The summed E-state index contributed by atoms with van der Waals surface area (Å²) in [5.41, 5.74) is 4.10. The zero-order valence-electron chi connectivity index (χ0n) is 20.2. The van der Waals surface area contributed by atoms with Crippen molar-refractivity contribution in [3.05, 3.63) is 107 Å². The number of benzene rings is 4. The lowest BCUT2D eigenvalue weighted by molar-refractivity contribution is 0.415. The lowest BCUT2D eigenvalue weighted by Gasteiger charge is -2.11. The molecule has 6 aromatic rings. The molecule has 0 saturated carbocycles. The number of aromatic nitrogens is 4. The van der Waals surface area contributed by atoms with Crippen molar-refractivity contribution < 1.29 is 9.47 Å². The Kier molecular flexibility index (Phi) is 5.71. The average Bonchev–Trinajstić information content (AvgIpc) is 2.96. The van der Waals surface area contributed by atoms with E-state index in [1.807, 2.05) is 48.5 Å². The predicted octanol–water partition coefficient (Wildman–Crippen LogP) is 5.87. The molecular weight excluding hydrogens is 478 g/mol. The number of hydrogen-bond acceptors (Lipinski definition) is 7. The molecule has 0 saturated heterocycles. The van der Waals surface area contributed by atoms with Gasteiger partial charge in [0.25, 0.3) is 0 Å². The van der Waals surface area contributed by atoms with Crippen molar-refractivity contribution in [3.8, 4) is 46.1 Å². The van der Waals surface area contributed by atoms with Crippen molar-refractivity contribution in [2.45, 2.75) is 0 Å². The topological polar surface area (TPSA) is 114 Å². The summed E-state index contributed by atoms with van der Waals surface area (Å²) in [6.07, 6.45) is 0. The normalized spacial score (nSPS) is 10.8. The fraction of sp³-hybridized carbons (Fsp3) is 0.0333. The first kappa shape index (κ1) is 22.9. The van der Waals surface area contributed by atoms with Gasteiger partial charge >= 0.3 is 11.7 Å². The highest BCUT2D eigenvalue weighted by atomic mass is 16.5. The molecule has 0 aliphatic heterocycles. The van der Waals surface area contributed by atoms with Gasteiger partial charge in [-0.25, -0.2) is 4.79 Å². The Balaban J connectivity index is 1.45. The van der Waals surface area contributed by atoms with Gasteiger partial charge in [0.1, 0.15) is 11.5 Å². The molecule has 0 bridgehead atoms. The van der Waals surface area contributed by atoms with Crippen molar-refractivity contribution in [1.82, 2.24) is 19.9 Å². The van der Waals surface area contributed by atoms with Crippen LogP contribution < -0.4 is 15.2 Å². The van der Waals surface area contributed by atoms with Crippen LogP contribution in [0.4, 0.5) is 0 Å². The van der Waals surface area contributed by atoms with Crippen LogP contribution in [0, 0.1) is 11.3 Å². The second kappa shape index (κ2) is 9.48. The highest BCUT2D eigenvalue weighted by Gasteiger charge is 2.14. The summed E-state index contributed by atoms with van der Waals surface area (Å²) in [7, 11) is 1.59. The number of methoxy groups -OCH3 is 1. The van der Waals surface area contributed by atoms with Crippen molar-refractivity contribution in [1.29, 1.82) is 5.26 Å². The molecule has 0 spiro atoms. The molecule has 2 aromatic heterocycles. The number of hydrogen-bond donors (Lipinski definition) is 1. The van der Waals surface area contributed by atoms with Gasteiger partial charge in [0.2, 0.25) is 0 Å². The van der Waals surface area contributed by atoms with Crippen LogP contribution >= 0.6 is 0 Å². The van der Waals surface area contributed by atoms with Crippen molar-refractivity contribution >= 4 is 21.8 Å². The molecule has 0 unspecified atom stereocenters. The van der Waals surface area contributed by atoms with E-state index in [2.05, 4.69) is 21.0 Å². The summed E-state index contributed by atoms with van der Waals surface area (Å²) in [6.45, 7) is 0. The first-order chi connectivity index (χ1) is 18.6. The van der Waals surface area contributed by atoms with Gasteiger partial charge in [-0.05, 0) is 48.5 Å². The molecule has 2 heterocycles. The third-order valence-corrected chi connectivity index (χ3v) is 6.10. The number of H-pyrrole nitrogens is 1. The van der Waals surface area contributed by atoms with Crippen molar-refractivity contribution in [2.24, 2.45) is 0 Å². The Labute approximate surface area is 216 Å². The van der Waals surface area contributed by atoms with Crippen LogP contribution in [-0.4, -0.2) is 27.0 Å². The molecule has 1 N–H and O–H groups in total. The molecule has 0 aliphatic rings. The molecule has 0 radical (unpaired) electrons. The van der Waals surface area contributed by atoms with E-state index in [0.29, 0.717) is 45.0 Å². The van der Waals surface area contributed by atoms with Crippen LogP contribution in [0.25, 0.3) is 44.3 Å². The van der Waals surface area contributed by atoms with Crippen LogP contribution in [0.15, 0.2) is 95.8 Å². The number of fused-ring (bicyclic) bond motifs is 2. The minimum atomic E-state index is -0.453. The third kappa shape index (κ3) is 4.29. The second-order valence-corrected chi connectivity index (χ2v) is 8.50. The third-order valence-electron chi connectivity index (χ3n) is 6.10. The van der Waals surface area contributed by atoms with Crippen molar-refractivity contribution in [3.63, 3.8) is 0 Å². The van der Waals surface area contributed by atoms with E-state index >= 15 is 0 Å². The summed E-state index contributed by atoms with van der Waals surface area (Å²) in [4.78, 5) is 28.6. The standard InChI is InChI=1S/C30H19N5O3/c1-37-21-11-13-25-24(16-21)28(34-29(36)32-25)20-8-5-9-22(15-20)38-30-33-26-12-10-18(17-31)14-23(26)27(35-30)19-6-3-2-4-7-19/h2-16H,1H3,(H,32,34,36). The van der Waals surface area contributed by atoms with Gasteiger partial charge in [0.15, 0.2) is 0 Å². The number of rotatable bonds is 5. The zero-order valence-corrected chi connectivity index (χ0v) is 20.2. The second-order valence-electron chi connectivity index (χ2n) is 8.50. The van der Waals surface area contributed by atoms with E-state index in [1.54, 1.807) is 49.6 Å². The molecular formula is C30H19N5O3. The smallest absolute Gasteiger partial charge is 0.345 e. The molecule has 0 fully saturated rings. The number of ether oxygens (including phenoxy) is 2. The van der Waals surface area contributed by atoms with Crippen LogP contribution in [-0.2, 0) is 0 Å². The minimum absolute atomic E-state index is 0.156. The van der Waals surface area contributed by atoms with Gasteiger partial charge in [0.05, 0.1) is 41.2 Å². The summed E-state index contributed by atoms with van der Waals surface area (Å²) in [5.74, 6) is 1.13. The largest absolute Gasteiger partial charge is 0.497 e. The van der Waals surface area contributed by atoms with E-state index in [4.69, 9.17) is 14.5 Å². The van der Waals surface area contributed by atoms with Crippen LogP contribution in [0.3, 0.4) is 0 Å². The molecule has 8 nitrogen and oxygen atoms in total. The Morgan fingerprint density at radius 1 is 0.763 bits per heavy atom. The Hall–Kier alpha value is -5.55. The SMILES string of the molecule is COc1ccc2[nH]c(=O)nc(-c3cccc(Oc4nc(-c5ccccc5)c5cc(C#N)ccc5n4)c3)c2c1. The molecule has 0 amide bonds. The molecule has 38 heavy (non-hydrogen) atoms. The molecule has 8 heteroatoms. The lowest BCUT2D eigenvalue weighted by atomic mass is 10.0. The van der Waals surface area contributed by atoms with Gasteiger partial charge in [-0.2, -0.15) is 20.2 Å². The predicted molar refractivity (Wildman–Crippen MR) is 144 cm³/mol. The average molecular weight is 498 g/mol. The summed E-state index contributed by atoms with van der Waals surface area (Å²) >= 11 is 0. The lowest BCUT2D eigenvalue weighted by Crippen LogP contribution is -2.11. The maximum Gasteiger partial charge on any atom is 0.345 e. The zero-order chi connectivity index (χ0) is 26.1. The molecule has 182 valence electrons. The van der Waals surface area contributed by atoms with E-state index in [1.165, 1.54) is 0 Å². The molecule has 4 aromatic carbocycles. The highest BCUT2D eigenvalue weighted by Crippen LogP contribution is 2.33. The Morgan fingerprint density at radius 2 is 1.58 bits per heavy atom. The Bertz CT molecular complexity index is 1930. The summed E-state index contributed by atoms with van der Waals surface area (Å²) < 4.78 is 11.5. The monoisotopic (exact) mass is 497 g/mol. The number of aromatic amines is 1. The van der Waals surface area contributed by atoms with Gasteiger partial charge < -0.3 is 14.5 Å². The fourth-order valence-corrected chi connectivity index (χ4v) is 4.33. The van der Waals surface area contributed by atoms with E-state index in [9.17, 15) is 10.1 Å². The molecule has 0 atom stereocenters. The molecule has 6 rings (SSSR count). The van der Waals surface area contributed by atoms with E-state index in [-0.39, 0.29) is 6.01 Å². The van der Waals surface area contributed by atoms with Gasteiger partial charge in [-0.1, -0.05) is 42.5 Å². The summed E-state index contributed by atoms with van der Waals surface area (Å²) in [6, 6.07) is 29.9. The first-order valence-electron chi connectivity index (χ1n) is 11.7.